The molecule has 1 fully saturated rings. The summed E-state index contributed by atoms with van der Waals surface area (Å²) >= 11 is 6.63. The number of oxazole rings is 1. The van der Waals surface area contributed by atoms with E-state index in [1.807, 2.05) is 68.4 Å². The summed E-state index contributed by atoms with van der Waals surface area (Å²) in [5, 5.41) is 13.4. The van der Waals surface area contributed by atoms with Crippen LogP contribution in [0.5, 0.6) is 5.75 Å². The predicted octanol–water partition coefficient (Wildman–Crippen LogP) is 13.3. The third-order valence-electron chi connectivity index (χ3n) is 12.2. The summed E-state index contributed by atoms with van der Waals surface area (Å²) in [4.78, 5) is 49.4. The van der Waals surface area contributed by atoms with Crippen molar-refractivity contribution in [1.29, 1.82) is 5.26 Å². The van der Waals surface area contributed by atoms with Crippen molar-refractivity contribution in [1.82, 2.24) is 4.98 Å². The van der Waals surface area contributed by atoms with Gasteiger partial charge in [0, 0.05) is 17.3 Å². The van der Waals surface area contributed by atoms with Crippen LogP contribution in [0.25, 0.3) is 22.7 Å². The van der Waals surface area contributed by atoms with E-state index in [4.69, 9.17) is 30.5 Å². The SMILES string of the molecule is COc1ccc(C(=O)C(OC(=O)N(c2ccc(/C=C(\C#N)c3nc4cc(C(C)(C)CC(C)(C)C)ccc4o3)c(C)c2)C2CCCC2)C(=O)Nc2cc(Cc3ccccc3C)ccc2Cl)cc1. The molecule has 1 atom stereocenters. The van der Waals surface area contributed by atoms with Crippen LogP contribution in [0.2, 0.25) is 5.02 Å². The number of ketones is 1. The van der Waals surface area contributed by atoms with E-state index in [-0.39, 0.29) is 44.6 Å². The fourth-order valence-corrected chi connectivity index (χ4v) is 9.25. The van der Waals surface area contributed by atoms with Gasteiger partial charge in [0.1, 0.15) is 22.9 Å². The normalized spacial score (nSPS) is 13.8. The first-order valence-corrected chi connectivity index (χ1v) is 22.8. The van der Waals surface area contributed by atoms with Gasteiger partial charge in [-0.2, -0.15) is 5.26 Å². The number of benzene rings is 5. The van der Waals surface area contributed by atoms with Gasteiger partial charge in [-0.15, -0.1) is 0 Å². The Labute approximate surface area is 392 Å². The number of Topliss-reactive ketones (excluding diaryl/α,β-unsaturated/α-hetero) is 1. The fraction of sp³-hybridized carbons (Fsp3) is 0.327. The van der Waals surface area contributed by atoms with Crippen LogP contribution in [0, 0.1) is 30.6 Å². The molecule has 2 amide bonds. The maximum Gasteiger partial charge on any atom is 0.415 e. The van der Waals surface area contributed by atoms with Crippen LogP contribution in [-0.4, -0.2) is 42.0 Å². The Kier molecular flexibility index (Phi) is 14.2. The number of allylic oxidation sites excluding steroid dienone is 1. The summed E-state index contributed by atoms with van der Waals surface area (Å²) in [7, 11) is 1.51. The lowest BCUT2D eigenvalue weighted by molar-refractivity contribution is -0.122. The van der Waals surface area contributed by atoms with E-state index in [1.165, 1.54) is 24.1 Å². The first kappa shape index (κ1) is 47.3. The number of hydrogen-bond acceptors (Lipinski definition) is 8. The smallest absolute Gasteiger partial charge is 0.415 e. The highest BCUT2D eigenvalue weighted by Gasteiger charge is 2.37. The second-order valence-corrected chi connectivity index (χ2v) is 19.5. The van der Waals surface area contributed by atoms with Crippen molar-refractivity contribution < 1.29 is 28.3 Å². The van der Waals surface area contributed by atoms with Crippen LogP contribution in [0.15, 0.2) is 108 Å². The van der Waals surface area contributed by atoms with E-state index >= 15 is 0 Å². The predicted molar refractivity (Wildman–Crippen MR) is 262 cm³/mol. The Bertz CT molecular complexity index is 2840. The summed E-state index contributed by atoms with van der Waals surface area (Å²) in [6.07, 6.45) is 3.76. The molecule has 1 heterocycles. The number of rotatable bonds is 14. The number of nitrogens with one attached hydrogen (secondary N) is 1. The molecule has 1 saturated carbocycles. The van der Waals surface area contributed by atoms with Crippen molar-refractivity contribution in [2.24, 2.45) is 5.41 Å². The number of fused-ring (bicyclic) bond motifs is 1. The standard InChI is InChI=1S/C55H57ClN4O6/c1-34-13-9-10-14-38(34)28-36-17-25-45(56)46(29-36)58-51(62)50(49(61)37-19-23-44(64-8)24-20-37)66-53(63)60(42-15-11-12-16-42)43-22-18-39(35(2)27-43)30-40(32-57)52-59-47-31-41(21-26-48(47)65-52)55(6,7)33-54(3,4)5/h9-10,13-14,17-27,29-31,42,50H,11-12,15-16,28,33H2,1-8H3,(H,58,62)/b40-30+. The molecule has 0 spiro atoms. The van der Waals surface area contributed by atoms with Crippen molar-refractivity contribution in [3.05, 3.63) is 153 Å². The Morgan fingerprint density at radius 3 is 2.32 bits per heavy atom. The lowest BCUT2D eigenvalue weighted by Crippen LogP contribution is -2.46. The third-order valence-corrected chi connectivity index (χ3v) is 12.6. The number of methoxy groups -OCH3 is 1. The van der Waals surface area contributed by atoms with E-state index in [0.717, 1.165) is 52.6 Å². The van der Waals surface area contributed by atoms with Gasteiger partial charge < -0.3 is 19.2 Å². The molecule has 6 aromatic rings. The second kappa shape index (κ2) is 19.8. The monoisotopic (exact) mass is 904 g/mol. The summed E-state index contributed by atoms with van der Waals surface area (Å²) in [6.45, 7) is 15.1. The highest BCUT2D eigenvalue weighted by molar-refractivity contribution is 6.34. The molecule has 1 N–H and O–H groups in total. The Morgan fingerprint density at radius 2 is 1.65 bits per heavy atom. The Hall–Kier alpha value is -6.70. The highest BCUT2D eigenvalue weighted by atomic mass is 35.5. The summed E-state index contributed by atoms with van der Waals surface area (Å²) in [6, 6.07) is 33.1. The van der Waals surface area contributed by atoms with Crippen LogP contribution in [0.3, 0.4) is 0 Å². The molecule has 66 heavy (non-hydrogen) atoms. The molecule has 0 saturated heterocycles. The molecule has 1 aliphatic rings. The van der Waals surface area contributed by atoms with E-state index < -0.39 is 23.9 Å². The molecule has 10 nitrogen and oxygen atoms in total. The average Bonchev–Trinajstić information content (AvgIpc) is 3.97. The molecule has 1 unspecified atom stereocenters. The Morgan fingerprint density at radius 1 is 0.924 bits per heavy atom. The lowest BCUT2D eigenvalue weighted by atomic mass is 9.72. The van der Waals surface area contributed by atoms with Crippen molar-refractivity contribution in [2.75, 3.05) is 17.3 Å². The number of halogens is 1. The summed E-state index contributed by atoms with van der Waals surface area (Å²) in [5.74, 6) is -0.839. The number of ether oxygens (including phenoxy) is 2. The van der Waals surface area contributed by atoms with Crippen molar-refractivity contribution in [3.8, 4) is 11.8 Å². The molecule has 7 rings (SSSR count). The number of nitriles is 1. The quantitative estimate of drug-likeness (QED) is 0.0648. The number of anilines is 2. The van der Waals surface area contributed by atoms with Gasteiger partial charge in [-0.1, -0.05) is 102 Å². The van der Waals surface area contributed by atoms with Gasteiger partial charge in [0.25, 0.3) is 5.91 Å². The van der Waals surface area contributed by atoms with Gasteiger partial charge in [-0.3, -0.25) is 14.5 Å². The van der Waals surface area contributed by atoms with Crippen LogP contribution in [0.4, 0.5) is 16.2 Å². The van der Waals surface area contributed by atoms with Gasteiger partial charge in [0.05, 0.1) is 17.8 Å². The summed E-state index contributed by atoms with van der Waals surface area (Å²) < 4.78 is 17.4. The fourth-order valence-electron chi connectivity index (χ4n) is 9.08. The van der Waals surface area contributed by atoms with Crippen molar-refractivity contribution in [2.45, 2.75) is 105 Å². The molecular weight excluding hydrogens is 848 g/mol. The number of aromatic nitrogens is 1. The zero-order valence-corrected chi connectivity index (χ0v) is 39.7. The third kappa shape index (κ3) is 11.0. The van der Waals surface area contributed by atoms with Crippen molar-refractivity contribution >= 4 is 63.5 Å². The molecule has 11 heteroatoms. The lowest BCUT2D eigenvalue weighted by Gasteiger charge is -2.32. The number of hydrogen-bond donors (Lipinski definition) is 1. The van der Waals surface area contributed by atoms with E-state index in [0.29, 0.717) is 41.8 Å². The van der Waals surface area contributed by atoms with Crippen LogP contribution >= 0.6 is 11.6 Å². The van der Waals surface area contributed by atoms with E-state index in [1.54, 1.807) is 36.4 Å². The van der Waals surface area contributed by atoms with Crippen molar-refractivity contribution in [3.63, 3.8) is 0 Å². The molecule has 340 valence electrons. The van der Waals surface area contributed by atoms with E-state index in [2.05, 4.69) is 52.1 Å². The molecule has 5 aromatic carbocycles. The van der Waals surface area contributed by atoms with Gasteiger partial charge in [0.15, 0.2) is 5.58 Å². The molecule has 0 bridgehead atoms. The zero-order valence-electron chi connectivity index (χ0n) is 39.0. The van der Waals surface area contributed by atoms with Crippen LogP contribution in [0.1, 0.15) is 116 Å². The summed E-state index contributed by atoms with van der Waals surface area (Å²) in [5.41, 5.74) is 8.26. The molecule has 0 aliphatic heterocycles. The maximum atomic E-state index is 14.6. The minimum absolute atomic E-state index is 0.0976. The van der Waals surface area contributed by atoms with Gasteiger partial charge in [-0.25, -0.2) is 9.78 Å². The largest absolute Gasteiger partial charge is 0.497 e. The zero-order chi connectivity index (χ0) is 47.3. The number of amides is 2. The second-order valence-electron chi connectivity index (χ2n) is 19.1. The first-order chi connectivity index (χ1) is 31.4. The number of aryl methyl sites for hydroxylation is 2. The highest BCUT2D eigenvalue weighted by Crippen LogP contribution is 2.38. The van der Waals surface area contributed by atoms with Gasteiger partial charge >= 0.3 is 6.09 Å². The van der Waals surface area contributed by atoms with E-state index in [9.17, 15) is 19.6 Å². The number of nitrogens with zero attached hydrogens (tertiary/aromatic N) is 3. The minimum atomic E-state index is -1.87. The maximum absolute atomic E-state index is 14.6. The van der Waals surface area contributed by atoms with Crippen LogP contribution < -0.4 is 15.0 Å². The number of carbonyl (C=O) groups is 3. The first-order valence-electron chi connectivity index (χ1n) is 22.4. The molecule has 1 aromatic heterocycles. The number of carbonyl (C=O) groups excluding carboxylic acids is 3. The van der Waals surface area contributed by atoms with Crippen LogP contribution in [-0.2, 0) is 21.4 Å². The topological polar surface area (TPSA) is 135 Å². The molecule has 1 aliphatic carbocycles. The van der Waals surface area contributed by atoms with Gasteiger partial charge in [0.2, 0.25) is 17.8 Å². The minimum Gasteiger partial charge on any atom is -0.497 e. The molecule has 0 radical (unpaired) electrons. The molecular formula is C55H57ClN4O6. The van der Waals surface area contributed by atoms with Gasteiger partial charge in [-0.05, 0) is 150 Å². The average molecular weight is 906 g/mol. The Balaban J connectivity index is 1.17.